The van der Waals surface area contributed by atoms with Crippen LogP contribution in [-0.2, 0) is 11.2 Å². The van der Waals surface area contributed by atoms with Gasteiger partial charge in [-0.1, -0.05) is 6.92 Å². The summed E-state index contributed by atoms with van der Waals surface area (Å²) in [5.74, 6) is 1.53. The van der Waals surface area contributed by atoms with E-state index in [1.54, 1.807) is 0 Å². The summed E-state index contributed by atoms with van der Waals surface area (Å²) < 4.78 is 0. The highest BCUT2D eigenvalue weighted by Gasteiger charge is 2.44. The Morgan fingerprint density at radius 2 is 2.24 bits per heavy atom. The molecular formula is C17H24N2OS. The molecule has 21 heavy (non-hydrogen) atoms. The van der Waals surface area contributed by atoms with Gasteiger partial charge >= 0.3 is 0 Å². The van der Waals surface area contributed by atoms with Crippen LogP contribution in [0.1, 0.15) is 49.1 Å². The molecule has 1 saturated carbocycles. The molecule has 1 saturated heterocycles. The van der Waals surface area contributed by atoms with E-state index in [1.807, 2.05) is 11.3 Å². The van der Waals surface area contributed by atoms with E-state index in [2.05, 4.69) is 28.6 Å². The molecule has 1 aromatic heterocycles. The van der Waals surface area contributed by atoms with Crippen LogP contribution in [0.3, 0.4) is 0 Å². The van der Waals surface area contributed by atoms with Crippen LogP contribution in [0, 0.1) is 11.8 Å². The van der Waals surface area contributed by atoms with Gasteiger partial charge in [0.05, 0.1) is 12.1 Å². The molecule has 1 N–H and O–H groups in total. The van der Waals surface area contributed by atoms with E-state index in [9.17, 15) is 4.79 Å². The number of fused-ring (bicyclic) bond motifs is 1. The summed E-state index contributed by atoms with van der Waals surface area (Å²) in [4.78, 5) is 16.8. The number of rotatable bonds is 2. The second kappa shape index (κ2) is 5.40. The molecule has 4 heteroatoms. The molecule has 0 aromatic carbocycles. The maximum absolute atomic E-state index is 13.1. The number of piperidine rings is 1. The zero-order chi connectivity index (χ0) is 14.4. The van der Waals surface area contributed by atoms with Gasteiger partial charge in [-0.2, -0.15) is 0 Å². The number of hydrogen-bond donors (Lipinski definition) is 1. The van der Waals surface area contributed by atoms with Crippen molar-refractivity contribution in [1.29, 1.82) is 0 Å². The third-order valence-electron chi connectivity index (χ3n) is 5.40. The number of carbonyl (C=O) groups excluding carboxylic acids is 1. The van der Waals surface area contributed by atoms with Crippen LogP contribution in [-0.4, -0.2) is 29.9 Å². The summed E-state index contributed by atoms with van der Waals surface area (Å²) in [6, 6.07) is 2.67. The van der Waals surface area contributed by atoms with Crippen molar-refractivity contribution < 1.29 is 4.79 Å². The van der Waals surface area contributed by atoms with Gasteiger partial charge in [0.25, 0.3) is 0 Å². The fourth-order valence-electron chi connectivity index (χ4n) is 4.07. The van der Waals surface area contributed by atoms with Gasteiger partial charge in [0, 0.05) is 11.4 Å². The minimum Gasteiger partial charge on any atom is -0.334 e. The number of hydrogen-bond acceptors (Lipinski definition) is 3. The fraction of sp³-hybridized carbons (Fsp3) is 0.706. The molecule has 0 spiro atoms. The standard InChI is InChI=1S/C17H24N2OS/c1-11-3-2-8-18-15(11)17(20)19-9-6-14-13(7-10-21-14)16(19)12-4-5-12/h7,10-12,15-16,18H,2-6,8-9H2,1H3. The van der Waals surface area contributed by atoms with E-state index in [-0.39, 0.29) is 6.04 Å². The molecule has 0 bridgehead atoms. The quantitative estimate of drug-likeness (QED) is 0.911. The molecule has 1 aromatic rings. The summed E-state index contributed by atoms with van der Waals surface area (Å²) in [5, 5.41) is 5.68. The van der Waals surface area contributed by atoms with E-state index in [0.717, 1.165) is 19.5 Å². The van der Waals surface area contributed by atoms with Crippen LogP contribution in [0.5, 0.6) is 0 Å². The Labute approximate surface area is 130 Å². The van der Waals surface area contributed by atoms with Crippen molar-refractivity contribution in [1.82, 2.24) is 10.2 Å². The first-order valence-electron chi connectivity index (χ1n) is 8.36. The predicted octanol–water partition coefficient (Wildman–Crippen LogP) is 2.97. The van der Waals surface area contributed by atoms with Crippen LogP contribution >= 0.6 is 11.3 Å². The monoisotopic (exact) mass is 304 g/mol. The second-order valence-corrected chi connectivity index (χ2v) is 7.91. The molecule has 3 nitrogen and oxygen atoms in total. The van der Waals surface area contributed by atoms with Crippen LogP contribution in [0.15, 0.2) is 11.4 Å². The Morgan fingerprint density at radius 1 is 1.38 bits per heavy atom. The van der Waals surface area contributed by atoms with Crippen LogP contribution in [0.25, 0.3) is 0 Å². The summed E-state index contributed by atoms with van der Waals surface area (Å²) in [7, 11) is 0. The summed E-state index contributed by atoms with van der Waals surface area (Å²) >= 11 is 1.87. The largest absolute Gasteiger partial charge is 0.334 e. The average molecular weight is 304 g/mol. The van der Waals surface area contributed by atoms with Gasteiger partial charge in [-0.05, 0) is 67.5 Å². The van der Waals surface area contributed by atoms with Gasteiger partial charge in [0.1, 0.15) is 0 Å². The normalized spacial score (nSPS) is 32.8. The second-order valence-electron chi connectivity index (χ2n) is 6.91. The molecule has 3 atom stereocenters. The van der Waals surface area contributed by atoms with Crippen molar-refractivity contribution in [3.8, 4) is 0 Å². The first kappa shape index (κ1) is 13.8. The number of nitrogens with zero attached hydrogens (tertiary/aromatic N) is 1. The van der Waals surface area contributed by atoms with Crippen LogP contribution < -0.4 is 5.32 Å². The average Bonchev–Trinajstić information content (AvgIpc) is 3.22. The smallest absolute Gasteiger partial charge is 0.240 e. The highest BCUT2D eigenvalue weighted by molar-refractivity contribution is 7.10. The SMILES string of the molecule is CC1CCCNC1C(=O)N1CCc2sccc2C1C1CC1. The third kappa shape index (κ3) is 2.42. The Kier molecular flexibility index (Phi) is 3.54. The number of amides is 1. The minimum absolute atomic E-state index is 0.0418. The fourth-order valence-corrected chi connectivity index (χ4v) is 4.99. The molecule has 0 radical (unpaired) electrons. The van der Waals surface area contributed by atoms with E-state index in [0.29, 0.717) is 23.8 Å². The van der Waals surface area contributed by atoms with Crippen molar-refractivity contribution >= 4 is 17.2 Å². The molecule has 1 amide bonds. The highest BCUT2D eigenvalue weighted by atomic mass is 32.1. The Balaban J connectivity index is 1.60. The Bertz CT molecular complexity index is 537. The minimum atomic E-state index is 0.0418. The summed E-state index contributed by atoms with van der Waals surface area (Å²) in [6.07, 6.45) is 6.00. The van der Waals surface area contributed by atoms with E-state index in [4.69, 9.17) is 0 Å². The van der Waals surface area contributed by atoms with E-state index < -0.39 is 0 Å². The number of thiophene rings is 1. The first-order chi connectivity index (χ1) is 10.3. The van der Waals surface area contributed by atoms with Gasteiger partial charge < -0.3 is 10.2 Å². The number of carbonyl (C=O) groups is 1. The molecule has 3 heterocycles. The zero-order valence-electron chi connectivity index (χ0n) is 12.7. The van der Waals surface area contributed by atoms with Crippen LogP contribution in [0.4, 0.5) is 0 Å². The first-order valence-corrected chi connectivity index (χ1v) is 9.24. The van der Waals surface area contributed by atoms with Gasteiger partial charge in [-0.3, -0.25) is 4.79 Å². The van der Waals surface area contributed by atoms with Gasteiger partial charge in [-0.25, -0.2) is 0 Å². The molecular weight excluding hydrogens is 280 g/mol. The number of nitrogens with one attached hydrogen (secondary N) is 1. The zero-order valence-corrected chi connectivity index (χ0v) is 13.5. The highest BCUT2D eigenvalue weighted by Crippen LogP contribution is 2.48. The molecule has 3 unspecified atom stereocenters. The molecule has 2 aliphatic heterocycles. The molecule has 1 aliphatic carbocycles. The topological polar surface area (TPSA) is 32.3 Å². The molecule has 2 fully saturated rings. The van der Waals surface area contributed by atoms with E-state index in [1.165, 1.54) is 36.1 Å². The summed E-state index contributed by atoms with van der Waals surface area (Å²) in [5.41, 5.74) is 1.45. The maximum Gasteiger partial charge on any atom is 0.240 e. The molecule has 114 valence electrons. The van der Waals surface area contributed by atoms with E-state index >= 15 is 0 Å². The predicted molar refractivity (Wildman–Crippen MR) is 85.4 cm³/mol. The Morgan fingerprint density at radius 3 is 3.00 bits per heavy atom. The van der Waals surface area contributed by atoms with Gasteiger partial charge in [0.15, 0.2) is 0 Å². The maximum atomic E-state index is 13.1. The van der Waals surface area contributed by atoms with Crippen LogP contribution in [0.2, 0.25) is 0 Å². The third-order valence-corrected chi connectivity index (χ3v) is 6.40. The van der Waals surface area contributed by atoms with Crippen molar-refractivity contribution in [3.63, 3.8) is 0 Å². The molecule has 4 rings (SSSR count). The Hall–Kier alpha value is -0.870. The van der Waals surface area contributed by atoms with Crippen molar-refractivity contribution in [2.24, 2.45) is 11.8 Å². The van der Waals surface area contributed by atoms with Gasteiger partial charge in [-0.15, -0.1) is 11.3 Å². The van der Waals surface area contributed by atoms with Gasteiger partial charge in [0.2, 0.25) is 5.91 Å². The lowest BCUT2D eigenvalue weighted by molar-refractivity contribution is -0.138. The molecule has 3 aliphatic rings. The van der Waals surface area contributed by atoms with Crippen molar-refractivity contribution in [3.05, 3.63) is 21.9 Å². The lowest BCUT2D eigenvalue weighted by Gasteiger charge is -2.40. The van der Waals surface area contributed by atoms with Crippen molar-refractivity contribution in [2.45, 2.75) is 51.1 Å². The summed E-state index contributed by atoms with van der Waals surface area (Å²) in [6.45, 7) is 4.13. The lowest BCUT2D eigenvalue weighted by Crippen LogP contribution is -2.54. The lowest BCUT2D eigenvalue weighted by atomic mass is 9.89. The van der Waals surface area contributed by atoms with Crippen molar-refractivity contribution in [2.75, 3.05) is 13.1 Å².